The van der Waals surface area contributed by atoms with Crippen LogP contribution in [0, 0.1) is 5.92 Å². The fourth-order valence-electron chi connectivity index (χ4n) is 14.3. The quantitative estimate of drug-likeness (QED) is 0.0325. The van der Waals surface area contributed by atoms with Crippen molar-refractivity contribution in [2.45, 2.75) is 164 Å². The van der Waals surface area contributed by atoms with Crippen molar-refractivity contribution in [2.24, 2.45) is 5.92 Å². The molecule has 7 aliphatic rings. The van der Waals surface area contributed by atoms with Crippen LogP contribution in [0.2, 0.25) is 1.41 Å². The van der Waals surface area contributed by atoms with Crippen molar-refractivity contribution in [1.82, 2.24) is 41.6 Å². The number of benzene rings is 4. The topological polar surface area (TPSA) is 448 Å². The maximum absolute atomic E-state index is 14.6. The van der Waals surface area contributed by atoms with Crippen molar-refractivity contribution in [2.75, 3.05) is 52.0 Å². The Kier molecular flexibility index (Phi) is 20.4. The Balaban J connectivity index is 0.725. The number of H-pyrrole nitrogens is 1. The van der Waals surface area contributed by atoms with Gasteiger partial charge in [-0.05, 0) is 43.4 Å². The summed E-state index contributed by atoms with van der Waals surface area (Å²) in [6, 6.07) is 15.3. The predicted molar refractivity (Wildman–Crippen MR) is 343 cm³/mol. The van der Waals surface area contributed by atoms with E-state index in [9.17, 15) is 74.1 Å². The van der Waals surface area contributed by atoms with Crippen LogP contribution in [0.3, 0.4) is 0 Å². The first kappa shape index (κ1) is 69.6. The number of aromatic nitrogens is 3. The molecule has 32 heteroatoms. The second kappa shape index (κ2) is 29.4. The Morgan fingerprint density at radius 3 is 2.29 bits per heavy atom. The van der Waals surface area contributed by atoms with Gasteiger partial charge in [0.2, 0.25) is 29.4 Å². The summed E-state index contributed by atoms with van der Waals surface area (Å²) in [6.07, 6.45) is -16.4. The lowest BCUT2D eigenvalue weighted by Gasteiger charge is -2.43. The van der Waals surface area contributed by atoms with Crippen molar-refractivity contribution in [3.63, 3.8) is 0 Å². The molecule has 0 bridgehead atoms. The molecule has 4 saturated heterocycles. The minimum atomic E-state index is -2.54. The SMILES string of the molecule is [3H]n1nnc2c1-c1ccccc1CN(C(=O)CCCCC(=O)NC(C(=O)NC(COC1OC(C(=O)O)C(O)C(O)C1O)C(=O)NCCNC(=O)[C@]1(O)Cc3c(O)c4c(c(O)c3[C@@H](O[C@@H]3CC5[C@H](O[C@@H]6[C@@H](OC)OCCN56)[C@H](C)O3)C1)C(=O)c1c(OC)cccc1C4=O)C(C)C)c1ccccc1-2. The van der Waals surface area contributed by atoms with Crippen LogP contribution in [0.4, 0.5) is 5.69 Å². The average molecular weight is 1390 g/mol. The van der Waals surface area contributed by atoms with E-state index in [4.69, 9.17) is 39.3 Å². The zero-order valence-corrected chi connectivity index (χ0v) is 55.1. The standard InChI is InChI=1S/C68H79N9O23/c1-30(2)49(72-42(78)19-10-11-20-43(79)77-28-32-13-6-7-14-33(32)50-51(74-75-73-50)34-15-8-9-17-38(34)77)62(88)71-37(29-96-65-58(86)56(84)57(85)60(100-65)64(89)90)61(87)69-21-22-70-67(91)68(92)26-36-46(55(83)48-47(53(36)81)52(80)35-16-12-18-40(93-4)45(35)54(48)82)41(27-68)98-44-25-39-59(31(3)97-44)99-63-66(94-5)95-24-23-76(39)63/h6-9,12-18,30-31,37,39,41,44,49,56-60,63,65-66,81,83-86,92H,10-11,19-29H2,1-5H3,(H,69,87)(H,70,91)(H,71,88)(H,72,78)(H,89,90)(H,73,74,75)/t31-,37?,39?,41-,44+,49?,56?,57?,58?,59+,60?,63+,65?,66-,68-/m0/s1/i/hT. The van der Waals surface area contributed by atoms with Crippen LogP contribution < -0.4 is 30.9 Å². The van der Waals surface area contributed by atoms with E-state index in [1.54, 1.807) is 49.9 Å². The monoisotopic (exact) mass is 1390 g/mol. The third-order valence-electron chi connectivity index (χ3n) is 19.4. The molecule has 0 spiro atoms. The van der Waals surface area contributed by atoms with Gasteiger partial charge in [-0.3, -0.25) is 43.6 Å². The van der Waals surface area contributed by atoms with Crippen molar-refractivity contribution in [3.8, 4) is 39.8 Å². The van der Waals surface area contributed by atoms with Gasteiger partial charge in [0.1, 0.15) is 65.0 Å². The van der Waals surface area contributed by atoms with Gasteiger partial charge in [0.25, 0.3) is 5.91 Å². The average Bonchev–Trinajstić information content (AvgIpc) is 1.02. The number of phenolic OH excluding ortho intramolecular Hbond substituents is 2. The molecule has 5 aliphatic heterocycles. The van der Waals surface area contributed by atoms with Crippen molar-refractivity contribution in [1.29, 1.82) is 0 Å². The first-order chi connectivity index (χ1) is 48.3. The number of ketones is 2. The summed E-state index contributed by atoms with van der Waals surface area (Å²) in [4.78, 5) is 115. The number of hydrogen-bond donors (Lipinski definition) is 12. The number of phenols is 2. The number of nitrogens with zero attached hydrogens (tertiary/aromatic N) is 4. The van der Waals surface area contributed by atoms with Gasteiger partial charge in [-0.2, -0.15) is 0 Å². The minimum Gasteiger partial charge on any atom is -0.507 e. The molecule has 12 N–H and O–H groups in total. The van der Waals surface area contributed by atoms with Gasteiger partial charge in [0.15, 0.2) is 38.4 Å². The number of carboxylic acid groups (broad SMARTS) is 1. The lowest BCUT2D eigenvalue weighted by molar-refractivity contribution is -0.294. The minimum absolute atomic E-state index is 0.0158. The molecule has 5 amide bonds. The van der Waals surface area contributed by atoms with E-state index in [0.717, 1.165) is 10.7 Å². The van der Waals surface area contributed by atoms with Crippen LogP contribution >= 0.6 is 0 Å². The fraction of sp³-hybridized carbons (Fsp3) is 0.500. The highest BCUT2D eigenvalue weighted by Gasteiger charge is 2.56. The number of amides is 5. The largest absolute Gasteiger partial charge is 0.507 e. The Labute approximate surface area is 572 Å². The van der Waals surface area contributed by atoms with Gasteiger partial charge >= 0.3 is 5.97 Å². The number of morpholine rings is 1. The number of unbranched alkanes of at least 4 members (excludes halogenated alkanes) is 1. The Morgan fingerprint density at radius 1 is 0.820 bits per heavy atom. The number of fused-ring (bicyclic) bond motifs is 11. The van der Waals surface area contributed by atoms with Crippen molar-refractivity contribution >= 4 is 52.8 Å². The van der Waals surface area contributed by atoms with Gasteiger partial charge in [-0.25, -0.2) is 4.79 Å². The number of aliphatic hydroxyl groups is 4. The fourth-order valence-corrected chi connectivity index (χ4v) is 14.3. The Morgan fingerprint density at radius 2 is 1.54 bits per heavy atom. The van der Waals surface area contributed by atoms with Crippen LogP contribution in [0.15, 0.2) is 66.7 Å². The van der Waals surface area contributed by atoms with Crippen LogP contribution in [-0.4, -0.2) is 236 Å². The number of carboxylic acids is 1. The van der Waals surface area contributed by atoms with Gasteiger partial charge in [0.05, 0.1) is 67.1 Å². The molecule has 5 aromatic rings. The summed E-state index contributed by atoms with van der Waals surface area (Å²) in [7, 11) is 2.78. The molecule has 4 fully saturated rings. The third kappa shape index (κ3) is 13.5. The van der Waals surface area contributed by atoms with Crippen LogP contribution in [0.5, 0.6) is 17.2 Å². The molecule has 4 aromatic carbocycles. The number of carbonyl (C=O) groups excluding carboxylic acids is 7. The van der Waals surface area contributed by atoms with Gasteiger partial charge in [0, 0.05) is 92.7 Å². The number of aliphatic hydroxyl groups excluding tert-OH is 3. The zero-order chi connectivity index (χ0) is 72.0. The lowest BCUT2D eigenvalue weighted by Crippen LogP contribution is -2.61. The van der Waals surface area contributed by atoms with Crippen molar-refractivity contribution in [3.05, 3.63) is 106 Å². The smallest absolute Gasteiger partial charge is 0.335 e. The molecule has 0 radical (unpaired) electrons. The second-order valence-electron chi connectivity index (χ2n) is 26.0. The zero-order valence-electron chi connectivity index (χ0n) is 56.1. The number of nitrogens with one attached hydrogen (secondary N) is 5. The van der Waals surface area contributed by atoms with Crippen LogP contribution in [0.1, 0.15) is 114 Å². The molecule has 0 saturated carbocycles. The summed E-state index contributed by atoms with van der Waals surface area (Å²) in [5.74, 6) is -9.56. The molecular formula is C68H79N9O23. The summed E-state index contributed by atoms with van der Waals surface area (Å²) in [5.41, 5.74) is -1.03. The summed E-state index contributed by atoms with van der Waals surface area (Å²) >= 11 is 0. The molecule has 12 rings (SSSR count). The van der Waals surface area contributed by atoms with Crippen LogP contribution in [-0.2, 0) is 74.9 Å². The normalized spacial score (nSPS) is 27.4. The number of ether oxygens (including phenoxy) is 8. The highest BCUT2D eigenvalue weighted by Crippen LogP contribution is 2.53. The molecule has 100 heavy (non-hydrogen) atoms. The summed E-state index contributed by atoms with van der Waals surface area (Å²) in [6.45, 7) is 4.10. The second-order valence-corrected chi connectivity index (χ2v) is 26.0. The number of anilines is 1. The summed E-state index contributed by atoms with van der Waals surface area (Å²) in [5, 5.41) is 98.0. The highest BCUT2D eigenvalue weighted by molar-refractivity contribution is 6.31. The third-order valence-corrected chi connectivity index (χ3v) is 19.4. The number of para-hydroxylation sites is 1. The summed E-state index contributed by atoms with van der Waals surface area (Å²) < 4.78 is 55.5. The van der Waals surface area contributed by atoms with Gasteiger partial charge in [-0.1, -0.05) is 73.7 Å². The number of aliphatic carboxylic acids is 1. The first-order valence-corrected chi connectivity index (χ1v) is 32.9. The first-order valence-electron chi connectivity index (χ1n) is 33.4. The molecule has 534 valence electrons. The van der Waals surface area contributed by atoms with E-state index in [1.165, 1.54) is 32.4 Å². The van der Waals surface area contributed by atoms with Gasteiger partial charge < -0.3 is 99.8 Å². The Bertz CT molecular complexity index is 4060. The van der Waals surface area contributed by atoms with Crippen LogP contribution in [0.25, 0.3) is 22.5 Å². The van der Waals surface area contributed by atoms with E-state index in [2.05, 4.69) is 36.5 Å². The Hall–Kier alpha value is -8.90. The molecule has 1 aromatic heterocycles. The molecule has 2 aliphatic carbocycles. The number of hydrogen-bond acceptors (Lipinski definition) is 25. The van der Waals surface area contributed by atoms with E-state index in [-0.39, 0.29) is 78.6 Å². The maximum atomic E-state index is 14.6. The molecule has 6 heterocycles. The maximum Gasteiger partial charge on any atom is 0.335 e. The number of aromatic amines is 1. The van der Waals surface area contributed by atoms with E-state index in [0.29, 0.717) is 41.4 Å². The predicted octanol–water partition coefficient (Wildman–Crippen LogP) is 0.476. The molecular weight excluding hydrogens is 1310 g/mol. The number of methoxy groups -OCH3 is 2. The van der Waals surface area contributed by atoms with E-state index in [1.807, 2.05) is 24.3 Å². The van der Waals surface area contributed by atoms with Gasteiger partial charge in [-0.15, -0.1) is 5.10 Å². The molecule has 8 unspecified atom stereocenters. The lowest BCUT2D eigenvalue weighted by atomic mass is 9.72. The van der Waals surface area contributed by atoms with E-state index >= 15 is 0 Å². The number of rotatable bonds is 22. The van der Waals surface area contributed by atoms with Crippen molar-refractivity contribution < 1.29 is 113 Å². The highest BCUT2D eigenvalue weighted by atomic mass is 16.7. The molecule has 15 atom stereocenters. The number of carbonyl (C=O) groups is 8. The number of aromatic hydroxyl groups is 2. The van der Waals surface area contributed by atoms with E-state index < -0.39 is 188 Å². The molecule has 32 nitrogen and oxygen atoms in total.